The first-order valence-corrected chi connectivity index (χ1v) is 7.86. The number of benzene rings is 2. The summed E-state index contributed by atoms with van der Waals surface area (Å²) in [6.45, 7) is 0.132. The topological polar surface area (TPSA) is 123 Å². The van der Waals surface area contributed by atoms with E-state index in [-0.39, 0.29) is 17.0 Å². The highest BCUT2D eigenvalue weighted by Crippen LogP contribution is 2.32. The van der Waals surface area contributed by atoms with Gasteiger partial charge in [-0.05, 0) is 18.2 Å². The summed E-state index contributed by atoms with van der Waals surface area (Å²) in [5, 5.41) is 9.21. The highest BCUT2D eigenvalue weighted by atomic mass is 19.1. The second-order valence-electron chi connectivity index (χ2n) is 5.91. The molecule has 3 rings (SSSR count). The van der Waals surface area contributed by atoms with E-state index in [1.807, 2.05) is 0 Å². The number of hydrazine groups is 1. The lowest BCUT2D eigenvalue weighted by atomic mass is 10.1. The average Bonchev–Trinajstić information content (AvgIpc) is 2.65. The van der Waals surface area contributed by atoms with Gasteiger partial charge in [-0.15, -0.1) is 0 Å². The minimum atomic E-state index is -1.29. The minimum absolute atomic E-state index is 0.0325. The molecule has 146 valence electrons. The van der Waals surface area contributed by atoms with Gasteiger partial charge in [-0.2, -0.15) is 0 Å². The fourth-order valence-electron chi connectivity index (χ4n) is 2.72. The molecule has 0 unspecified atom stereocenters. The average molecular weight is 393 g/mol. The van der Waals surface area contributed by atoms with Gasteiger partial charge in [0.1, 0.15) is 11.6 Å². The number of carbonyl (C=O) groups excluding carboxylic acids is 1. The number of amides is 1. The van der Waals surface area contributed by atoms with Crippen LogP contribution < -0.4 is 22.0 Å². The Hall–Kier alpha value is -3.37. The van der Waals surface area contributed by atoms with E-state index in [2.05, 4.69) is 0 Å². The quantitative estimate of drug-likeness (QED) is 0.271. The monoisotopic (exact) mass is 393 g/mol. The number of halogens is 3. The van der Waals surface area contributed by atoms with Gasteiger partial charge >= 0.3 is 0 Å². The number of hydrogen-bond acceptors (Lipinski definition) is 6. The second kappa shape index (κ2) is 6.98. The zero-order valence-electron chi connectivity index (χ0n) is 14.4. The van der Waals surface area contributed by atoms with Crippen LogP contribution >= 0.6 is 0 Å². The maximum Gasteiger partial charge on any atom is 0.238 e. The molecule has 0 aliphatic carbocycles. The van der Waals surface area contributed by atoms with Crippen LogP contribution in [-0.4, -0.2) is 11.0 Å². The number of carbonyl (C=O) groups is 1. The number of nitrogens with two attached hydrogens (primary N) is 2. The summed E-state index contributed by atoms with van der Waals surface area (Å²) < 4.78 is 48.2. The van der Waals surface area contributed by atoms with Crippen molar-refractivity contribution in [2.75, 3.05) is 10.7 Å². The van der Waals surface area contributed by atoms with Gasteiger partial charge in [0.15, 0.2) is 22.6 Å². The molecule has 7 nitrogen and oxygen atoms in total. The zero-order valence-corrected chi connectivity index (χ0v) is 14.4. The maximum absolute atomic E-state index is 14.5. The van der Waals surface area contributed by atoms with E-state index in [0.29, 0.717) is 5.01 Å². The van der Waals surface area contributed by atoms with Crippen molar-refractivity contribution in [1.82, 2.24) is 0 Å². The van der Waals surface area contributed by atoms with Crippen LogP contribution in [0.2, 0.25) is 0 Å². The summed E-state index contributed by atoms with van der Waals surface area (Å²) >= 11 is 0. The number of fused-ring (bicyclic) bond motifs is 1. The summed E-state index contributed by atoms with van der Waals surface area (Å²) in [6, 6.07) is 4.30. The summed E-state index contributed by atoms with van der Waals surface area (Å²) in [6.07, 6.45) is 0. The Morgan fingerprint density at radius 3 is 2.46 bits per heavy atom. The molecule has 0 radical (unpaired) electrons. The van der Waals surface area contributed by atoms with E-state index in [4.69, 9.17) is 21.1 Å². The van der Waals surface area contributed by atoms with E-state index in [0.717, 1.165) is 19.1 Å². The van der Waals surface area contributed by atoms with Crippen LogP contribution in [0.4, 0.5) is 24.5 Å². The smallest absolute Gasteiger partial charge is 0.238 e. The molecule has 28 heavy (non-hydrogen) atoms. The molecular weight excluding hydrogens is 379 g/mol. The first-order chi connectivity index (χ1) is 13.2. The van der Waals surface area contributed by atoms with Crippen LogP contribution in [0.5, 0.6) is 0 Å². The molecule has 0 aliphatic rings. The number of aliphatic hydroxyl groups excluding tert-OH is 1. The van der Waals surface area contributed by atoms with Gasteiger partial charge in [-0.25, -0.2) is 24.0 Å². The molecule has 0 saturated carbocycles. The van der Waals surface area contributed by atoms with Crippen molar-refractivity contribution < 1.29 is 27.5 Å². The number of aliphatic hydroxyl groups is 1. The zero-order chi connectivity index (χ0) is 20.7. The van der Waals surface area contributed by atoms with Crippen LogP contribution in [0, 0.1) is 17.5 Å². The predicted molar refractivity (Wildman–Crippen MR) is 95.5 cm³/mol. The van der Waals surface area contributed by atoms with Crippen molar-refractivity contribution in [2.24, 2.45) is 5.84 Å². The third-order valence-corrected chi connectivity index (χ3v) is 4.17. The number of anilines is 2. The predicted octanol–water partition coefficient (Wildman–Crippen LogP) is 2.18. The number of rotatable bonds is 3. The Balaban J connectivity index is 2.24. The van der Waals surface area contributed by atoms with Crippen LogP contribution in [-0.2, 0) is 11.4 Å². The molecule has 3 aromatic rings. The lowest BCUT2D eigenvalue weighted by Crippen LogP contribution is -2.36. The normalized spacial score (nSPS) is 11.1. The molecule has 0 saturated heterocycles. The van der Waals surface area contributed by atoms with Crippen molar-refractivity contribution in [3.05, 3.63) is 57.5 Å². The minimum Gasteiger partial charge on any atom is -0.453 e. The van der Waals surface area contributed by atoms with Crippen molar-refractivity contribution in [2.45, 2.75) is 13.5 Å². The van der Waals surface area contributed by atoms with E-state index < -0.39 is 57.6 Å². The summed E-state index contributed by atoms with van der Waals surface area (Å²) in [4.78, 5) is 23.6. The standard InChI is InChI=1S/C18H14F3N3O4/c1-7(26)24(23)11-3-2-8(4-10(11)19)13-5-12(27)14-17(22)15(20)9(6-25)16(21)18(14)28-13/h2-5,25H,6,22-23H2,1H3. The van der Waals surface area contributed by atoms with Crippen molar-refractivity contribution in [3.8, 4) is 11.3 Å². The van der Waals surface area contributed by atoms with Crippen LogP contribution in [0.15, 0.2) is 33.5 Å². The molecular formula is C18H14F3N3O4. The molecule has 0 atom stereocenters. The van der Waals surface area contributed by atoms with Crippen molar-refractivity contribution >= 4 is 28.3 Å². The van der Waals surface area contributed by atoms with Gasteiger partial charge in [0, 0.05) is 18.6 Å². The van der Waals surface area contributed by atoms with Crippen LogP contribution in [0.3, 0.4) is 0 Å². The van der Waals surface area contributed by atoms with Crippen molar-refractivity contribution in [1.29, 1.82) is 0 Å². The third-order valence-electron chi connectivity index (χ3n) is 4.17. The van der Waals surface area contributed by atoms with E-state index in [9.17, 15) is 22.8 Å². The summed E-state index contributed by atoms with van der Waals surface area (Å²) in [5.41, 5.74) is 2.40. The van der Waals surface area contributed by atoms with Gasteiger partial charge in [0.05, 0.1) is 28.9 Å². The molecule has 0 fully saturated rings. The molecule has 1 heterocycles. The highest BCUT2D eigenvalue weighted by Gasteiger charge is 2.23. The number of nitrogen functional groups attached to an aromatic ring is 1. The first-order valence-electron chi connectivity index (χ1n) is 7.86. The number of nitrogens with zero attached hydrogens (tertiary/aromatic N) is 1. The van der Waals surface area contributed by atoms with E-state index in [1.54, 1.807) is 0 Å². The van der Waals surface area contributed by atoms with Gasteiger partial charge in [0.25, 0.3) is 0 Å². The Kier molecular flexibility index (Phi) is 4.84. The maximum atomic E-state index is 14.5. The molecule has 1 amide bonds. The lowest BCUT2D eigenvalue weighted by Gasteiger charge is -2.15. The molecule has 2 aromatic carbocycles. The van der Waals surface area contributed by atoms with E-state index in [1.165, 1.54) is 12.1 Å². The van der Waals surface area contributed by atoms with Gasteiger partial charge in [0.2, 0.25) is 5.91 Å². The highest BCUT2D eigenvalue weighted by molar-refractivity contribution is 5.92. The first kappa shape index (κ1) is 19.4. The molecule has 5 N–H and O–H groups in total. The van der Waals surface area contributed by atoms with Crippen LogP contribution in [0.25, 0.3) is 22.3 Å². The Morgan fingerprint density at radius 1 is 1.21 bits per heavy atom. The van der Waals surface area contributed by atoms with Gasteiger partial charge in [-0.1, -0.05) is 0 Å². The largest absolute Gasteiger partial charge is 0.453 e. The summed E-state index contributed by atoms with van der Waals surface area (Å²) in [7, 11) is 0. The fraction of sp³-hybridized carbons (Fsp3) is 0.111. The van der Waals surface area contributed by atoms with Crippen LogP contribution in [0.1, 0.15) is 12.5 Å². The van der Waals surface area contributed by atoms with Crippen molar-refractivity contribution in [3.63, 3.8) is 0 Å². The lowest BCUT2D eigenvalue weighted by molar-refractivity contribution is -0.116. The Labute approximate surface area is 155 Å². The molecule has 0 bridgehead atoms. The van der Waals surface area contributed by atoms with E-state index >= 15 is 0 Å². The molecule has 0 spiro atoms. The van der Waals surface area contributed by atoms with Gasteiger partial charge < -0.3 is 15.3 Å². The Morgan fingerprint density at radius 2 is 1.89 bits per heavy atom. The third kappa shape index (κ3) is 2.98. The molecule has 10 heteroatoms. The van der Waals surface area contributed by atoms with Gasteiger partial charge in [-0.3, -0.25) is 9.59 Å². The summed E-state index contributed by atoms with van der Waals surface area (Å²) in [5.74, 6) is 1.18. The fourth-order valence-corrected chi connectivity index (χ4v) is 2.72. The Bertz CT molecular complexity index is 1180. The number of hydrogen-bond donors (Lipinski definition) is 3. The molecule has 0 aliphatic heterocycles. The SMILES string of the molecule is CC(=O)N(N)c1ccc(-c2cc(=O)c3c(N)c(F)c(CO)c(F)c3o2)cc1F. The molecule has 1 aromatic heterocycles. The second-order valence-corrected chi connectivity index (χ2v) is 5.91.